The third kappa shape index (κ3) is 4.21. The molecule has 0 spiro atoms. The fraction of sp³-hybridized carbons (Fsp3) is 0.312. The smallest absolute Gasteiger partial charge is 0.328 e. The number of aryl methyl sites for hydroxylation is 1. The number of rotatable bonds is 3. The molecule has 0 bridgehead atoms. The standard InChI is InChI=1S/C16H20O2/c1-12-11-14(16(2,3)4)10-9-13(12)7-5-6-8-15(17)18/h5-11H,1-4H3,(H,17,18)/b7-5+,8-6+. The minimum absolute atomic E-state index is 0.149. The summed E-state index contributed by atoms with van der Waals surface area (Å²) in [7, 11) is 0. The van der Waals surface area contributed by atoms with Crippen LogP contribution >= 0.6 is 0 Å². The molecule has 1 aromatic rings. The molecule has 0 fully saturated rings. The molecule has 1 aromatic carbocycles. The average Bonchev–Trinajstić information content (AvgIpc) is 2.24. The molecule has 0 aliphatic rings. The van der Waals surface area contributed by atoms with Gasteiger partial charge in [0.05, 0.1) is 0 Å². The number of carboxylic acids is 1. The van der Waals surface area contributed by atoms with Gasteiger partial charge < -0.3 is 5.11 Å². The molecule has 1 rings (SSSR count). The zero-order valence-electron chi connectivity index (χ0n) is 11.4. The molecule has 0 aromatic heterocycles. The lowest BCUT2D eigenvalue weighted by molar-refractivity contribution is -0.131. The molecule has 0 amide bonds. The number of carbonyl (C=O) groups is 1. The third-order valence-corrected chi connectivity index (χ3v) is 2.76. The van der Waals surface area contributed by atoms with E-state index in [0.29, 0.717) is 0 Å². The van der Waals surface area contributed by atoms with Gasteiger partial charge in [0.1, 0.15) is 0 Å². The van der Waals surface area contributed by atoms with Crippen molar-refractivity contribution in [1.82, 2.24) is 0 Å². The Kier molecular flexibility index (Phi) is 4.49. The van der Waals surface area contributed by atoms with Crippen LogP contribution in [0.2, 0.25) is 0 Å². The van der Waals surface area contributed by atoms with Crippen molar-refractivity contribution in [2.75, 3.05) is 0 Å². The lowest BCUT2D eigenvalue weighted by Crippen LogP contribution is -2.11. The monoisotopic (exact) mass is 244 g/mol. The van der Waals surface area contributed by atoms with Gasteiger partial charge in [0.2, 0.25) is 0 Å². The average molecular weight is 244 g/mol. The van der Waals surface area contributed by atoms with E-state index in [0.717, 1.165) is 11.6 Å². The minimum Gasteiger partial charge on any atom is -0.478 e. The molecule has 18 heavy (non-hydrogen) atoms. The highest BCUT2D eigenvalue weighted by molar-refractivity contribution is 5.80. The van der Waals surface area contributed by atoms with E-state index >= 15 is 0 Å². The first-order chi connectivity index (χ1) is 8.30. The highest BCUT2D eigenvalue weighted by Crippen LogP contribution is 2.24. The maximum Gasteiger partial charge on any atom is 0.328 e. The van der Waals surface area contributed by atoms with Crippen LogP contribution < -0.4 is 0 Å². The lowest BCUT2D eigenvalue weighted by atomic mass is 9.85. The van der Waals surface area contributed by atoms with Crippen molar-refractivity contribution < 1.29 is 9.90 Å². The van der Waals surface area contributed by atoms with E-state index in [1.807, 2.05) is 6.08 Å². The van der Waals surface area contributed by atoms with Gasteiger partial charge in [0.15, 0.2) is 0 Å². The van der Waals surface area contributed by atoms with Gasteiger partial charge in [-0.25, -0.2) is 4.79 Å². The van der Waals surface area contributed by atoms with Crippen LogP contribution in [0.1, 0.15) is 37.5 Å². The SMILES string of the molecule is Cc1cc(C(C)(C)C)ccc1/C=C/C=C/C(=O)O. The zero-order valence-corrected chi connectivity index (χ0v) is 11.4. The Morgan fingerprint density at radius 3 is 2.39 bits per heavy atom. The summed E-state index contributed by atoms with van der Waals surface area (Å²) in [6, 6.07) is 6.37. The molecule has 0 aliphatic carbocycles. The third-order valence-electron chi connectivity index (χ3n) is 2.76. The number of benzene rings is 1. The summed E-state index contributed by atoms with van der Waals surface area (Å²) in [4.78, 5) is 10.3. The molecule has 0 unspecified atom stereocenters. The number of hydrogen-bond donors (Lipinski definition) is 1. The Hall–Kier alpha value is -1.83. The summed E-state index contributed by atoms with van der Waals surface area (Å²) in [5, 5.41) is 8.47. The van der Waals surface area contributed by atoms with Gasteiger partial charge in [0.25, 0.3) is 0 Å². The Morgan fingerprint density at radius 2 is 1.89 bits per heavy atom. The van der Waals surface area contributed by atoms with Crippen LogP contribution in [-0.4, -0.2) is 11.1 Å². The zero-order chi connectivity index (χ0) is 13.8. The number of aliphatic carboxylic acids is 1. The second-order valence-corrected chi connectivity index (χ2v) is 5.38. The Balaban J connectivity index is 2.90. The van der Waals surface area contributed by atoms with E-state index in [-0.39, 0.29) is 5.41 Å². The molecule has 0 atom stereocenters. The summed E-state index contributed by atoms with van der Waals surface area (Å²) in [6.07, 6.45) is 6.31. The van der Waals surface area contributed by atoms with E-state index < -0.39 is 5.97 Å². The van der Waals surface area contributed by atoms with Gasteiger partial charge in [-0.2, -0.15) is 0 Å². The first-order valence-corrected chi connectivity index (χ1v) is 5.99. The van der Waals surface area contributed by atoms with Gasteiger partial charge in [0, 0.05) is 6.08 Å². The van der Waals surface area contributed by atoms with Crippen molar-refractivity contribution in [3.63, 3.8) is 0 Å². The first-order valence-electron chi connectivity index (χ1n) is 5.99. The predicted molar refractivity (Wildman–Crippen MR) is 75.7 cm³/mol. The van der Waals surface area contributed by atoms with E-state index in [1.54, 1.807) is 6.08 Å². The Bertz CT molecular complexity index is 488. The van der Waals surface area contributed by atoms with Crippen LogP contribution in [0.3, 0.4) is 0 Å². The van der Waals surface area contributed by atoms with Crippen LogP contribution in [0.15, 0.2) is 36.4 Å². The van der Waals surface area contributed by atoms with Crippen molar-refractivity contribution in [2.24, 2.45) is 0 Å². The second kappa shape index (κ2) is 5.67. The van der Waals surface area contributed by atoms with Crippen molar-refractivity contribution in [3.8, 4) is 0 Å². The molecular weight excluding hydrogens is 224 g/mol. The normalized spacial score (nSPS) is 12.4. The maximum absolute atomic E-state index is 10.3. The molecule has 2 nitrogen and oxygen atoms in total. The van der Waals surface area contributed by atoms with Gasteiger partial charge in [-0.3, -0.25) is 0 Å². The highest BCUT2D eigenvalue weighted by Gasteiger charge is 2.13. The molecule has 0 aliphatic heterocycles. The van der Waals surface area contributed by atoms with Crippen LogP contribution in [0.4, 0.5) is 0 Å². The molecule has 96 valence electrons. The van der Waals surface area contributed by atoms with Gasteiger partial charge in [-0.15, -0.1) is 0 Å². The molecule has 0 heterocycles. The molecule has 0 saturated heterocycles. The van der Waals surface area contributed by atoms with E-state index in [4.69, 9.17) is 5.11 Å². The van der Waals surface area contributed by atoms with E-state index in [1.165, 1.54) is 17.2 Å². The summed E-state index contributed by atoms with van der Waals surface area (Å²) < 4.78 is 0. The summed E-state index contributed by atoms with van der Waals surface area (Å²) in [6.45, 7) is 8.63. The fourth-order valence-electron chi connectivity index (χ4n) is 1.63. The maximum atomic E-state index is 10.3. The van der Waals surface area contributed by atoms with Gasteiger partial charge >= 0.3 is 5.97 Å². The second-order valence-electron chi connectivity index (χ2n) is 5.38. The van der Waals surface area contributed by atoms with Gasteiger partial charge in [-0.1, -0.05) is 57.2 Å². The van der Waals surface area contributed by atoms with Gasteiger partial charge in [-0.05, 0) is 29.0 Å². The predicted octanol–water partition coefficient (Wildman–Crippen LogP) is 3.95. The lowest BCUT2D eigenvalue weighted by Gasteiger charge is -2.20. The first kappa shape index (κ1) is 14.2. The van der Waals surface area contributed by atoms with Crippen molar-refractivity contribution in [1.29, 1.82) is 0 Å². The molecule has 2 heteroatoms. The van der Waals surface area contributed by atoms with Crippen LogP contribution in [0.5, 0.6) is 0 Å². The van der Waals surface area contributed by atoms with E-state index in [9.17, 15) is 4.79 Å². The number of allylic oxidation sites excluding steroid dienone is 2. The number of hydrogen-bond acceptors (Lipinski definition) is 1. The molecule has 0 radical (unpaired) electrons. The number of carboxylic acid groups (broad SMARTS) is 1. The topological polar surface area (TPSA) is 37.3 Å². The van der Waals surface area contributed by atoms with Crippen LogP contribution in [-0.2, 0) is 10.2 Å². The Labute approximate surface area is 109 Å². The van der Waals surface area contributed by atoms with Crippen molar-refractivity contribution in [2.45, 2.75) is 33.1 Å². The minimum atomic E-state index is -0.931. The summed E-state index contributed by atoms with van der Waals surface area (Å²) in [5.41, 5.74) is 3.76. The fourth-order valence-corrected chi connectivity index (χ4v) is 1.63. The van der Waals surface area contributed by atoms with Crippen LogP contribution in [0, 0.1) is 6.92 Å². The summed E-state index contributed by atoms with van der Waals surface area (Å²) in [5.74, 6) is -0.931. The Morgan fingerprint density at radius 1 is 1.22 bits per heavy atom. The largest absolute Gasteiger partial charge is 0.478 e. The van der Waals surface area contributed by atoms with E-state index in [2.05, 4.69) is 45.9 Å². The summed E-state index contributed by atoms with van der Waals surface area (Å²) >= 11 is 0. The van der Waals surface area contributed by atoms with Crippen LogP contribution in [0.25, 0.3) is 6.08 Å². The highest BCUT2D eigenvalue weighted by atomic mass is 16.4. The van der Waals surface area contributed by atoms with Crippen molar-refractivity contribution in [3.05, 3.63) is 53.1 Å². The van der Waals surface area contributed by atoms with Crippen molar-refractivity contribution >= 4 is 12.0 Å². The molecule has 1 N–H and O–H groups in total. The quantitative estimate of drug-likeness (QED) is 0.645. The molecular formula is C16H20O2. The molecule has 0 saturated carbocycles.